The van der Waals surface area contributed by atoms with Gasteiger partial charge in [-0.3, -0.25) is 0 Å². The Morgan fingerprint density at radius 3 is 2.76 bits per heavy atom. The quantitative estimate of drug-likeness (QED) is 0.757. The zero-order chi connectivity index (χ0) is 14.8. The number of aryl methyl sites for hydroxylation is 1. The maximum atomic E-state index is 10.9. The average Bonchev–Trinajstić information content (AvgIpc) is 2.90. The van der Waals surface area contributed by atoms with Crippen LogP contribution >= 0.6 is 0 Å². The first-order valence-electron chi connectivity index (χ1n) is 6.69. The fourth-order valence-corrected chi connectivity index (χ4v) is 2.28. The molecule has 3 aromatic rings. The van der Waals surface area contributed by atoms with E-state index in [0.717, 1.165) is 16.6 Å². The van der Waals surface area contributed by atoms with Crippen molar-refractivity contribution in [2.24, 2.45) is 0 Å². The van der Waals surface area contributed by atoms with Gasteiger partial charge in [-0.1, -0.05) is 24.3 Å². The number of carbonyl (C=O) groups is 1. The summed E-state index contributed by atoms with van der Waals surface area (Å²) in [5.41, 5.74) is 3.95. The highest BCUT2D eigenvalue weighted by Gasteiger charge is 2.10. The summed E-state index contributed by atoms with van der Waals surface area (Å²) in [5.74, 6) is -1.08. The lowest BCUT2D eigenvalue weighted by molar-refractivity contribution is 0.0665. The van der Waals surface area contributed by atoms with Crippen LogP contribution in [0, 0.1) is 6.92 Å². The number of carboxylic acids is 1. The van der Waals surface area contributed by atoms with Gasteiger partial charge in [-0.15, -0.1) is 0 Å². The van der Waals surface area contributed by atoms with Gasteiger partial charge in [0, 0.05) is 17.6 Å². The topological polar surface area (TPSA) is 62.5 Å². The highest BCUT2D eigenvalue weighted by molar-refractivity contribution is 5.91. The Balaban J connectivity index is 1.81. The molecule has 2 aromatic carbocycles. The third-order valence-corrected chi connectivity index (χ3v) is 3.42. The molecule has 0 saturated carbocycles. The van der Waals surface area contributed by atoms with Gasteiger partial charge in [0.1, 0.15) is 5.58 Å². The van der Waals surface area contributed by atoms with Crippen LogP contribution in [-0.4, -0.2) is 11.1 Å². The maximum absolute atomic E-state index is 10.9. The van der Waals surface area contributed by atoms with Gasteiger partial charge in [-0.25, -0.2) is 4.79 Å². The number of carboxylic acid groups (broad SMARTS) is 1. The summed E-state index contributed by atoms with van der Waals surface area (Å²) in [6.07, 6.45) is 0. The summed E-state index contributed by atoms with van der Waals surface area (Å²) in [7, 11) is 0. The van der Waals surface area contributed by atoms with Gasteiger partial charge in [-0.05, 0) is 42.3 Å². The molecule has 106 valence electrons. The van der Waals surface area contributed by atoms with E-state index >= 15 is 0 Å². The highest BCUT2D eigenvalue weighted by Crippen LogP contribution is 2.22. The van der Waals surface area contributed by atoms with E-state index in [1.165, 1.54) is 5.56 Å². The molecule has 21 heavy (non-hydrogen) atoms. The predicted molar refractivity (Wildman–Crippen MR) is 81.7 cm³/mol. The molecule has 0 saturated heterocycles. The second-order valence-electron chi connectivity index (χ2n) is 4.96. The number of furan rings is 1. The smallest absolute Gasteiger partial charge is 0.371 e. The van der Waals surface area contributed by atoms with Gasteiger partial charge in [0.15, 0.2) is 0 Å². The Morgan fingerprint density at radius 1 is 1.19 bits per heavy atom. The summed E-state index contributed by atoms with van der Waals surface area (Å²) < 4.78 is 5.25. The number of anilines is 1. The van der Waals surface area contributed by atoms with Crippen LogP contribution in [-0.2, 0) is 6.54 Å². The average molecular weight is 281 g/mol. The van der Waals surface area contributed by atoms with E-state index in [-0.39, 0.29) is 5.76 Å². The van der Waals surface area contributed by atoms with Gasteiger partial charge in [0.25, 0.3) is 0 Å². The third-order valence-electron chi connectivity index (χ3n) is 3.42. The highest BCUT2D eigenvalue weighted by atomic mass is 16.4. The van der Waals surface area contributed by atoms with Gasteiger partial charge < -0.3 is 14.8 Å². The van der Waals surface area contributed by atoms with Crippen molar-refractivity contribution in [2.75, 3.05) is 5.32 Å². The fraction of sp³-hybridized carbons (Fsp3) is 0.118. The number of hydrogen-bond acceptors (Lipinski definition) is 3. The number of benzene rings is 2. The second kappa shape index (κ2) is 5.32. The van der Waals surface area contributed by atoms with E-state index in [1.54, 1.807) is 12.1 Å². The summed E-state index contributed by atoms with van der Waals surface area (Å²) in [6, 6.07) is 15.3. The number of para-hydroxylation sites is 1. The van der Waals surface area contributed by atoms with Crippen LogP contribution < -0.4 is 5.32 Å². The van der Waals surface area contributed by atoms with Crippen molar-refractivity contribution in [1.29, 1.82) is 0 Å². The lowest BCUT2D eigenvalue weighted by Gasteiger charge is -2.09. The summed E-state index contributed by atoms with van der Waals surface area (Å²) in [4.78, 5) is 10.9. The zero-order valence-corrected chi connectivity index (χ0v) is 11.6. The first-order valence-corrected chi connectivity index (χ1v) is 6.69. The van der Waals surface area contributed by atoms with E-state index in [4.69, 9.17) is 9.52 Å². The number of hydrogen-bond donors (Lipinski definition) is 2. The number of fused-ring (bicyclic) bond motifs is 1. The first-order chi connectivity index (χ1) is 10.1. The third kappa shape index (κ3) is 2.74. The molecule has 4 nitrogen and oxygen atoms in total. The Kier molecular flexibility index (Phi) is 3.36. The largest absolute Gasteiger partial charge is 0.475 e. The minimum atomic E-state index is -1.05. The number of aromatic carboxylic acids is 1. The molecule has 0 radical (unpaired) electrons. The molecule has 0 aliphatic heterocycles. The van der Waals surface area contributed by atoms with Gasteiger partial charge in [0.05, 0.1) is 0 Å². The summed E-state index contributed by atoms with van der Waals surface area (Å²) >= 11 is 0. The SMILES string of the molecule is Cc1ccccc1NCc1ccc2oc(C(=O)O)cc2c1. The van der Waals surface area contributed by atoms with Crippen LogP contribution in [0.1, 0.15) is 21.7 Å². The maximum Gasteiger partial charge on any atom is 0.371 e. The molecule has 0 aliphatic rings. The van der Waals surface area contributed by atoms with Gasteiger partial charge >= 0.3 is 5.97 Å². The summed E-state index contributed by atoms with van der Waals surface area (Å²) in [6.45, 7) is 2.73. The van der Waals surface area contributed by atoms with Gasteiger partial charge in [0.2, 0.25) is 5.76 Å². The fourth-order valence-electron chi connectivity index (χ4n) is 2.28. The molecule has 0 fully saturated rings. The van der Waals surface area contributed by atoms with E-state index in [9.17, 15) is 4.79 Å². The minimum absolute atomic E-state index is 0.0333. The van der Waals surface area contributed by atoms with Crippen molar-refractivity contribution < 1.29 is 14.3 Å². The van der Waals surface area contributed by atoms with Crippen molar-refractivity contribution >= 4 is 22.6 Å². The van der Waals surface area contributed by atoms with E-state index in [1.807, 2.05) is 30.3 Å². The first kappa shape index (κ1) is 13.2. The Labute approximate surface area is 122 Å². The van der Waals surface area contributed by atoms with E-state index < -0.39 is 5.97 Å². The molecule has 3 rings (SSSR count). The van der Waals surface area contributed by atoms with Crippen LogP contribution in [0.2, 0.25) is 0 Å². The van der Waals surface area contributed by atoms with E-state index in [2.05, 4.69) is 18.3 Å². The van der Waals surface area contributed by atoms with E-state index in [0.29, 0.717) is 12.1 Å². The monoisotopic (exact) mass is 281 g/mol. The van der Waals surface area contributed by atoms with Crippen LogP contribution in [0.5, 0.6) is 0 Å². The van der Waals surface area contributed by atoms with Crippen LogP contribution in [0.25, 0.3) is 11.0 Å². The predicted octanol–water partition coefficient (Wildman–Crippen LogP) is 4.05. The van der Waals surface area contributed by atoms with Crippen molar-refractivity contribution in [2.45, 2.75) is 13.5 Å². The number of nitrogens with one attached hydrogen (secondary N) is 1. The normalized spacial score (nSPS) is 10.7. The lowest BCUT2D eigenvalue weighted by Crippen LogP contribution is -2.00. The molecule has 4 heteroatoms. The second-order valence-corrected chi connectivity index (χ2v) is 4.96. The van der Waals surface area contributed by atoms with Crippen LogP contribution in [0.4, 0.5) is 5.69 Å². The van der Waals surface area contributed by atoms with Crippen molar-refractivity contribution in [3.63, 3.8) is 0 Å². The van der Waals surface area contributed by atoms with Crippen LogP contribution in [0.3, 0.4) is 0 Å². The van der Waals surface area contributed by atoms with Crippen molar-refractivity contribution in [3.05, 3.63) is 65.4 Å². The molecule has 0 aliphatic carbocycles. The molecular weight excluding hydrogens is 266 g/mol. The molecule has 0 spiro atoms. The molecule has 0 bridgehead atoms. The molecule has 1 aromatic heterocycles. The molecule has 0 unspecified atom stereocenters. The molecule has 0 atom stereocenters. The Hall–Kier alpha value is -2.75. The molecular formula is C17H15NO3. The summed E-state index contributed by atoms with van der Waals surface area (Å²) in [5, 5.41) is 13.1. The molecule has 1 heterocycles. The van der Waals surface area contributed by atoms with Gasteiger partial charge in [-0.2, -0.15) is 0 Å². The lowest BCUT2D eigenvalue weighted by atomic mass is 10.1. The molecule has 2 N–H and O–H groups in total. The zero-order valence-electron chi connectivity index (χ0n) is 11.6. The van der Waals surface area contributed by atoms with Crippen molar-refractivity contribution in [1.82, 2.24) is 0 Å². The minimum Gasteiger partial charge on any atom is -0.475 e. The standard InChI is InChI=1S/C17H15NO3/c1-11-4-2-3-5-14(11)18-10-12-6-7-15-13(8-12)9-16(21-15)17(19)20/h2-9,18H,10H2,1H3,(H,19,20). The van der Waals surface area contributed by atoms with Crippen molar-refractivity contribution in [3.8, 4) is 0 Å². The Bertz CT molecular complexity index is 805. The Morgan fingerprint density at radius 2 is 2.00 bits per heavy atom. The van der Waals surface area contributed by atoms with Crippen LogP contribution in [0.15, 0.2) is 52.9 Å². The number of rotatable bonds is 4. The molecule has 0 amide bonds.